The summed E-state index contributed by atoms with van der Waals surface area (Å²) in [7, 11) is 0. The summed E-state index contributed by atoms with van der Waals surface area (Å²) >= 11 is 0. The molecular formula is C17H27NO2. The average molecular weight is 277 g/mol. The molecule has 1 aliphatic heterocycles. The molecule has 2 atom stereocenters. The van der Waals surface area contributed by atoms with Crippen LogP contribution in [-0.2, 0) is 6.42 Å². The molecule has 1 heterocycles. The van der Waals surface area contributed by atoms with Crippen LogP contribution in [0.3, 0.4) is 0 Å². The summed E-state index contributed by atoms with van der Waals surface area (Å²) in [5.74, 6) is 1.26. The summed E-state index contributed by atoms with van der Waals surface area (Å²) in [5, 5.41) is 10.2. The fourth-order valence-corrected chi connectivity index (χ4v) is 2.90. The van der Waals surface area contributed by atoms with Crippen molar-refractivity contribution in [1.29, 1.82) is 0 Å². The molecule has 1 N–H and O–H groups in total. The summed E-state index contributed by atoms with van der Waals surface area (Å²) in [6.45, 7) is 9.34. The van der Waals surface area contributed by atoms with E-state index in [1.807, 2.05) is 26.0 Å². The van der Waals surface area contributed by atoms with Crippen molar-refractivity contribution in [3.63, 3.8) is 0 Å². The van der Waals surface area contributed by atoms with Gasteiger partial charge in [0.2, 0.25) is 0 Å². The number of aliphatic hydroxyl groups is 1. The summed E-state index contributed by atoms with van der Waals surface area (Å²) in [5.41, 5.74) is 1.25. The molecular weight excluding hydrogens is 250 g/mol. The van der Waals surface area contributed by atoms with E-state index >= 15 is 0 Å². The lowest BCUT2D eigenvalue weighted by atomic mass is 9.88. The predicted octanol–water partition coefficient (Wildman–Crippen LogP) is 2.72. The van der Waals surface area contributed by atoms with Crippen LogP contribution in [0.5, 0.6) is 5.75 Å². The van der Waals surface area contributed by atoms with E-state index < -0.39 is 0 Å². The van der Waals surface area contributed by atoms with Gasteiger partial charge in [-0.25, -0.2) is 0 Å². The van der Waals surface area contributed by atoms with Gasteiger partial charge < -0.3 is 14.7 Å². The molecule has 0 aliphatic carbocycles. The van der Waals surface area contributed by atoms with Gasteiger partial charge in [0.1, 0.15) is 5.75 Å². The highest BCUT2D eigenvalue weighted by Crippen LogP contribution is 2.23. The Morgan fingerprint density at radius 3 is 2.90 bits per heavy atom. The lowest BCUT2D eigenvalue weighted by Crippen LogP contribution is -2.43. The summed E-state index contributed by atoms with van der Waals surface area (Å²) < 4.78 is 5.74. The molecule has 1 fully saturated rings. The lowest BCUT2D eigenvalue weighted by molar-refractivity contribution is 0.0290. The highest BCUT2D eigenvalue weighted by atomic mass is 16.5. The van der Waals surface area contributed by atoms with E-state index in [-0.39, 0.29) is 12.2 Å². The standard InChI is InChI=1S/C17H27NO2/c1-4-18-9-8-17(19)15(12-18)10-14-6-5-7-16(11-14)20-13(2)3/h5-7,11,13,15,17,19H,4,8-10,12H2,1-3H3. The Labute approximate surface area is 122 Å². The van der Waals surface area contributed by atoms with Gasteiger partial charge in [-0.15, -0.1) is 0 Å². The van der Waals surface area contributed by atoms with Crippen molar-refractivity contribution in [1.82, 2.24) is 4.90 Å². The molecule has 3 heteroatoms. The van der Waals surface area contributed by atoms with E-state index in [1.54, 1.807) is 0 Å². The van der Waals surface area contributed by atoms with Crippen molar-refractivity contribution in [2.45, 2.75) is 45.8 Å². The number of nitrogens with zero attached hydrogens (tertiary/aromatic N) is 1. The van der Waals surface area contributed by atoms with Gasteiger partial charge in [0.25, 0.3) is 0 Å². The fraction of sp³-hybridized carbons (Fsp3) is 0.647. The number of hydrogen-bond acceptors (Lipinski definition) is 3. The molecule has 1 aromatic carbocycles. The number of piperidine rings is 1. The quantitative estimate of drug-likeness (QED) is 0.898. The van der Waals surface area contributed by atoms with Crippen molar-refractivity contribution in [3.8, 4) is 5.75 Å². The van der Waals surface area contributed by atoms with Gasteiger partial charge in [-0.1, -0.05) is 19.1 Å². The number of rotatable bonds is 5. The Hall–Kier alpha value is -1.06. The monoisotopic (exact) mass is 277 g/mol. The highest BCUT2D eigenvalue weighted by molar-refractivity contribution is 5.29. The summed E-state index contributed by atoms with van der Waals surface area (Å²) in [6.07, 6.45) is 1.83. The van der Waals surface area contributed by atoms with Crippen LogP contribution in [0, 0.1) is 5.92 Å². The average Bonchev–Trinajstić information content (AvgIpc) is 2.41. The Kier molecular flexibility index (Phi) is 5.44. The van der Waals surface area contributed by atoms with Gasteiger partial charge in [0.15, 0.2) is 0 Å². The predicted molar refractivity (Wildman–Crippen MR) is 82.1 cm³/mol. The maximum absolute atomic E-state index is 10.2. The van der Waals surface area contributed by atoms with Crippen LogP contribution in [0.25, 0.3) is 0 Å². The van der Waals surface area contributed by atoms with Crippen LogP contribution in [-0.4, -0.2) is 41.8 Å². The second-order valence-electron chi connectivity index (χ2n) is 6.03. The molecule has 0 spiro atoms. The molecule has 3 nitrogen and oxygen atoms in total. The van der Waals surface area contributed by atoms with E-state index in [2.05, 4.69) is 24.0 Å². The smallest absolute Gasteiger partial charge is 0.119 e. The minimum atomic E-state index is -0.174. The minimum Gasteiger partial charge on any atom is -0.491 e. The van der Waals surface area contributed by atoms with Crippen molar-refractivity contribution < 1.29 is 9.84 Å². The topological polar surface area (TPSA) is 32.7 Å². The van der Waals surface area contributed by atoms with Gasteiger partial charge in [-0.05, 0) is 50.9 Å². The third-order valence-electron chi connectivity index (χ3n) is 3.99. The van der Waals surface area contributed by atoms with Gasteiger partial charge in [0.05, 0.1) is 12.2 Å². The normalized spacial score (nSPS) is 24.1. The Morgan fingerprint density at radius 2 is 2.20 bits per heavy atom. The first-order valence-corrected chi connectivity index (χ1v) is 7.74. The summed E-state index contributed by atoms with van der Waals surface area (Å²) in [4.78, 5) is 2.42. The van der Waals surface area contributed by atoms with E-state index in [9.17, 15) is 5.11 Å². The molecule has 1 saturated heterocycles. The maximum Gasteiger partial charge on any atom is 0.119 e. The molecule has 20 heavy (non-hydrogen) atoms. The van der Waals surface area contributed by atoms with Crippen LogP contribution in [0.1, 0.15) is 32.8 Å². The molecule has 1 aliphatic rings. The molecule has 112 valence electrons. The van der Waals surface area contributed by atoms with Gasteiger partial charge in [-0.2, -0.15) is 0 Å². The zero-order valence-corrected chi connectivity index (χ0v) is 12.9. The van der Waals surface area contributed by atoms with Crippen molar-refractivity contribution in [2.24, 2.45) is 5.92 Å². The molecule has 0 saturated carbocycles. The Morgan fingerprint density at radius 1 is 1.40 bits per heavy atom. The third kappa shape index (κ3) is 4.22. The Balaban J connectivity index is 2.01. The number of aliphatic hydroxyl groups excluding tert-OH is 1. The van der Waals surface area contributed by atoms with Gasteiger partial charge in [0, 0.05) is 19.0 Å². The molecule has 1 aromatic rings. The molecule has 2 unspecified atom stereocenters. The van der Waals surface area contributed by atoms with Gasteiger partial charge >= 0.3 is 0 Å². The van der Waals surface area contributed by atoms with Crippen molar-refractivity contribution in [2.75, 3.05) is 19.6 Å². The number of likely N-dealkylation sites (tertiary alicyclic amines) is 1. The SMILES string of the molecule is CCN1CCC(O)C(Cc2cccc(OC(C)C)c2)C1. The second-order valence-corrected chi connectivity index (χ2v) is 6.03. The van der Waals surface area contributed by atoms with Crippen molar-refractivity contribution in [3.05, 3.63) is 29.8 Å². The van der Waals surface area contributed by atoms with E-state index in [0.717, 1.165) is 38.2 Å². The van der Waals surface area contributed by atoms with E-state index in [0.29, 0.717) is 5.92 Å². The van der Waals surface area contributed by atoms with E-state index in [1.165, 1.54) is 5.56 Å². The molecule has 0 aromatic heterocycles. The number of benzene rings is 1. The van der Waals surface area contributed by atoms with Crippen LogP contribution in [0.2, 0.25) is 0 Å². The first kappa shape index (κ1) is 15.3. The van der Waals surface area contributed by atoms with Gasteiger partial charge in [-0.3, -0.25) is 0 Å². The Bertz CT molecular complexity index is 419. The first-order chi connectivity index (χ1) is 9.58. The van der Waals surface area contributed by atoms with Crippen molar-refractivity contribution >= 4 is 0 Å². The lowest BCUT2D eigenvalue weighted by Gasteiger charge is -2.35. The van der Waals surface area contributed by atoms with E-state index in [4.69, 9.17) is 4.74 Å². The minimum absolute atomic E-state index is 0.174. The zero-order valence-electron chi connectivity index (χ0n) is 12.9. The van der Waals surface area contributed by atoms with Crippen LogP contribution in [0.15, 0.2) is 24.3 Å². The number of ether oxygens (including phenoxy) is 1. The molecule has 0 radical (unpaired) electrons. The maximum atomic E-state index is 10.2. The second kappa shape index (κ2) is 7.09. The zero-order chi connectivity index (χ0) is 14.5. The van der Waals surface area contributed by atoms with Crippen LogP contribution < -0.4 is 4.74 Å². The number of hydrogen-bond donors (Lipinski definition) is 1. The molecule has 2 rings (SSSR count). The third-order valence-corrected chi connectivity index (χ3v) is 3.99. The largest absolute Gasteiger partial charge is 0.491 e. The molecule has 0 bridgehead atoms. The first-order valence-electron chi connectivity index (χ1n) is 7.74. The highest BCUT2D eigenvalue weighted by Gasteiger charge is 2.27. The van der Waals surface area contributed by atoms with Crippen LogP contribution >= 0.6 is 0 Å². The summed E-state index contributed by atoms with van der Waals surface area (Å²) in [6, 6.07) is 8.28. The van der Waals surface area contributed by atoms with Crippen LogP contribution in [0.4, 0.5) is 0 Å². The fourth-order valence-electron chi connectivity index (χ4n) is 2.90. The molecule has 0 amide bonds.